The number of amides is 1. The number of hydrogen-bond donors (Lipinski definition) is 2. The summed E-state index contributed by atoms with van der Waals surface area (Å²) < 4.78 is 0. The highest BCUT2D eigenvalue weighted by atomic mass is 32.1. The molecule has 1 amide bonds. The average molecular weight is 267 g/mol. The summed E-state index contributed by atoms with van der Waals surface area (Å²) in [5, 5.41) is 9.41. The third-order valence-corrected chi connectivity index (χ3v) is 4.47. The fourth-order valence-corrected chi connectivity index (χ4v) is 3.09. The molecule has 2 N–H and O–H groups in total. The summed E-state index contributed by atoms with van der Waals surface area (Å²) in [5.74, 6) is 0.101. The number of nitrogens with zero attached hydrogens (tertiary/aromatic N) is 1. The Morgan fingerprint density at radius 1 is 1.67 bits per heavy atom. The summed E-state index contributed by atoms with van der Waals surface area (Å²) >= 11 is 1.60. The Morgan fingerprint density at radius 2 is 2.50 bits per heavy atom. The van der Waals surface area contributed by atoms with Crippen molar-refractivity contribution in [2.24, 2.45) is 0 Å². The SMILES string of the molecule is CCC(NC(=O)C1(C)CCCCN1)c1nccs1. The minimum absolute atomic E-state index is 0.0399. The zero-order valence-corrected chi connectivity index (χ0v) is 11.8. The van der Waals surface area contributed by atoms with Gasteiger partial charge >= 0.3 is 0 Å². The molecule has 5 heteroatoms. The second kappa shape index (κ2) is 5.80. The van der Waals surface area contributed by atoms with Crippen LogP contribution in [-0.2, 0) is 4.79 Å². The van der Waals surface area contributed by atoms with E-state index < -0.39 is 5.54 Å². The molecule has 0 radical (unpaired) electrons. The third kappa shape index (κ3) is 2.90. The molecule has 0 saturated carbocycles. The van der Waals surface area contributed by atoms with Gasteiger partial charge in [-0.15, -0.1) is 11.3 Å². The molecule has 4 nitrogen and oxygen atoms in total. The molecule has 0 aliphatic carbocycles. The fourth-order valence-electron chi connectivity index (χ4n) is 2.31. The third-order valence-electron chi connectivity index (χ3n) is 3.58. The van der Waals surface area contributed by atoms with Gasteiger partial charge in [-0.1, -0.05) is 6.92 Å². The van der Waals surface area contributed by atoms with Gasteiger partial charge in [0.1, 0.15) is 5.01 Å². The van der Waals surface area contributed by atoms with Gasteiger partial charge in [0, 0.05) is 11.6 Å². The number of carbonyl (C=O) groups is 1. The highest BCUT2D eigenvalue weighted by molar-refractivity contribution is 7.09. The first kappa shape index (κ1) is 13.5. The molecule has 1 aliphatic rings. The van der Waals surface area contributed by atoms with Crippen molar-refractivity contribution in [2.75, 3.05) is 6.54 Å². The van der Waals surface area contributed by atoms with Gasteiger partial charge in [0.2, 0.25) is 5.91 Å². The summed E-state index contributed by atoms with van der Waals surface area (Å²) in [6, 6.07) is 0.0399. The molecule has 1 fully saturated rings. The van der Waals surface area contributed by atoms with Crippen molar-refractivity contribution < 1.29 is 4.79 Å². The van der Waals surface area contributed by atoms with Gasteiger partial charge in [-0.25, -0.2) is 4.98 Å². The van der Waals surface area contributed by atoms with Gasteiger partial charge in [-0.05, 0) is 39.2 Å². The van der Waals surface area contributed by atoms with Crippen LogP contribution < -0.4 is 10.6 Å². The van der Waals surface area contributed by atoms with Crippen LogP contribution in [0.2, 0.25) is 0 Å². The van der Waals surface area contributed by atoms with Crippen LogP contribution in [0.15, 0.2) is 11.6 Å². The maximum Gasteiger partial charge on any atom is 0.240 e. The summed E-state index contributed by atoms with van der Waals surface area (Å²) in [7, 11) is 0. The van der Waals surface area contributed by atoms with Crippen LogP contribution in [0.3, 0.4) is 0 Å². The van der Waals surface area contributed by atoms with Crippen LogP contribution in [0.5, 0.6) is 0 Å². The molecule has 1 saturated heterocycles. The largest absolute Gasteiger partial charge is 0.345 e. The predicted octanol–water partition coefficient (Wildman–Crippen LogP) is 2.24. The van der Waals surface area contributed by atoms with Gasteiger partial charge in [0.05, 0.1) is 11.6 Å². The molecule has 0 bridgehead atoms. The quantitative estimate of drug-likeness (QED) is 0.879. The summed E-state index contributed by atoms with van der Waals surface area (Å²) in [6.07, 6.45) is 5.84. The lowest BCUT2D eigenvalue weighted by atomic mass is 9.90. The van der Waals surface area contributed by atoms with Crippen molar-refractivity contribution >= 4 is 17.2 Å². The van der Waals surface area contributed by atoms with Crippen molar-refractivity contribution in [2.45, 2.75) is 51.1 Å². The molecule has 2 rings (SSSR count). The lowest BCUT2D eigenvalue weighted by Crippen LogP contribution is -2.57. The van der Waals surface area contributed by atoms with E-state index in [9.17, 15) is 4.79 Å². The first-order valence-corrected chi connectivity index (χ1v) is 7.49. The van der Waals surface area contributed by atoms with E-state index in [1.54, 1.807) is 17.5 Å². The van der Waals surface area contributed by atoms with Crippen molar-refractivity contribution in [1.29, 1.82) is 0 Å². The highest BCUT2D eigenvalue weighted by Crippen LogP contribution is 2.23. The molecule has 2 atom stereocenters. The Kier molecular flexibility index (Phi) is 4.35. The molecule has 100 valence electrons. The number of rotatable bonds is 4. The molecule has 18 heavy (non-hydrogen) atoms. The minimum Gasteiger partial charge on any atom is -0.345 e. The number of aromatic nitrogens is 1. The molecule has 1 aromatic heterocycles. The minimum atomic E-state index is -0.414. The summed E-state index contributed by atoms with van der Waals surface area (Å²) in [4.78, 5) is 16.7. The Morgan fingerprint density at radius 3 is 3.06 bits per heavy atom. The van der Waals surface area contributed by atoms with E-state index in [1.165, 1.54) is 0 Å². The first-order chi connectivity index (χ1) is 8.65. The van der Waals surface area contributed by atoms with E-state index >= 15 is 0 Å². The molecule has 0 aromatic carbocycles. The predicted molar refractivity (Wildman–Crippen MR) is 73.5 cm³/mol. The van der Waals surface area contributed by atoms with Crippen LogP contribution >= 0.6 is 11.3 Å². The normalized spacial score (nSPS) is 25.7. The highest BCUT2D eigenvalue weighted by Gasteiger charge is 2.35. The van der Waals surface area contributed by atoms with Crippen LogP contribution in [0, 0.1) is 0 Å². The topological polar surface area (TPSA) is 54.0 Å². The monoisotopic (exact) mass is 267 g/mol. The lowest BCUT2D eigenvalue weighted by molar-refractivity contribution is -0.128. The Hall–Kier alpha value is -0.940. The van der Waals surface area contributed by atoms with E-state index in [0.29, 0.717) is 0 Å². The van der Waals surface area contributed by atoms with Crippen molar-refractivity contribution in [1.82, 2.24) is 15.6 Å². The van der Waals surface area contributed by atoms with Crippen LogP contribution in [0.25, 0.3) is 0 Å². The smallest absolute Gasteiger partial charge is 0.240 e. The van der Waals surface area contributed by atoms with Gasteiger partial charge in [-0.2, -0.15) is 0 Å². The van der Waals surface area contributed by atoms with E-state index in [0.717, 1.165) is 37.2 Å². The van der Waals surface area contributed by atoms with Crippen LogP contribution in [0.1, 0.15) is 50.6 Å². The molecular weight excluding hydrogens is 246 g/mol. The van der Waals surface area contributed by atoms with Gasteiger partial charge in [-0.3, -0.25) is 4.79 Å². The maximum atomic E-state index is 12.4. The van der Waals surface area contributed by atoms with Gasteiger partial charge < -0.3 is 10.6 Å². The van der Waals surface area contributed by atoms with E-state index in [2.05, 4.69) is 22.5 Å². The molecule has 2 unspecified atom stereocenters. The maximum absolute atomic E-state index is 12.4. The van der Waals surface area contributed by atoms with Gasteiger partial charge in [0.15, 0.2) is 0 Å². The summed E-state index contributed by atoms with van der Waals surface area (Å²) in [5.41, 5.74) is -0.414. The zero-order chi connectivity index (χ0) is 13.0. The van der Waals surface area contributed by atoms with Crippen molar-refractivity contribution in [3.63, 3.8) is 0 Å². The number of carbonyl (C=O) groups excluding carboxylic acids is 1. The average Bonchev–Trinajstić information content (AvgIpc) is 2.90. The zero-order valence-electron chi connectivity index (χ0n) is 11.0. The van der Waals surface area contributed by atoms with Crippen LogP contribution in [-0.4, -0.2) is 23.0 Å². The molecule has 1 aromatic rings. The Balaban J connectivity index is 2.01. The van der Waals surface area contributed by atoms with E-state index in [-0.39, 0.29) is 11.9 Å². The Bertz CT molecular complexity index is 385. The first-order valence-electron chi connectivity index (χ1n) is 6.61. The second-order valence-electron chi connectivity index (χ2n) is 5.02. The number of nitrogens with one attached hydrogen (secondary N) is 2. The Labute approximate surface area is 112 Å². The van der Waals surface area contributed by atoms with Crippen molar-refractivity contribution in [3.8, 4) is 0 Å². The summed E-state index contributed by atoms with van der Waals surface area (Å²) in [6.45, 7) is 5.00. The van der Waals surface area contributed by atoms with Crippen LogP contribution in [0.4, 0.5) is 0 Å². The van der Waals surface area contributed by atoms with E-state index in [4.69, 9.17) is 0 Å². The molecule has 0 spiro atoms. The lowest BCUT2D eigenvalue weighted by Gasteiger charge is -2.34. The molecular formula is C13H21N3OS. The van der Waals surface area contributed by atoms with Crippen molar-refractivity contribution in [3.05, 3.63) is 16.6 Å². The number of hydrogen-bond acceptors (Lipinski definition) is 4. The standard InChI is InChI=1S/C13H21N3OS/c1-3-10(11-14-8-9-18-11)16-12(17)13(2)6-4-5-7-15-13/h8-10,15H,3-7H2,1-2H3,(H,16,17). The molecule has 2 heterocycles. The second-order valence-corrected chi connectivity index (χ2v) is 5.95. The van der Waals surface area contributed by atoms with Gasteiger partial charge in [0.25, 0.3) is 0 Å². The van der Waals surface area contributed by atoms with E-state index in [1.807, 2.05) is 12.3 Å². The fraction of sp³-hybridized carbons (Fsp3) is 0.692. The number of piperidine rings is 1. The molecule has 1 aliphatic heterocycles. The number of thiazole rings is 1.